The van der Waals surface area contributed by atoms with Crippen molar-refractivity contribution < 1.29 is 0 Å². The second-order valence-electron chi connectivity index (χ2n) is 3.81. The van der Waals surface area contributed by atoms with Gasteiger partial charge in [-0.05, 0) is 36.0 Å². The fourth-order valence-corrected chi connectivity index (χ4v) is 2.86. The number of aromatic nitrogens is 2. The van der Waals surface area contributed by atoms with E-state index in [2.05, 4.69) is 20.6 Å². The Morgan fingerprint density at radius 1 is 1.50 bits per heavy atom. The minimum atomic E-state index is 0.305. The van der Waals surface area contributed by atoms with E-state index in [9.17, 15) is 0 Å². The molecule has 1 aliphatic heterocycles. The first-order valence-electron chi connectivity index (χ1n) is 5.21. The molecule has 6 heteroatoms. The third-order valence-electron chi connectivity index (χ3n) is 2.68. The van der Waals surface area contributed by atoms with E-state index in [-0.39, 0.29) is 0 Å². The Hall–Kier alpha value is -0.910. The second kappa shape index (κ2) is 4.16. The Balaban J connectivity index is 1.97. The van der Waals surface area contributed by atoms with Crippen molar-refractivity contribution >= 4 is 39.0 Å². The van der Waals surface area contributed by atoms with Gasteiger partial charge < -0.3 is 10.6 Å². The number of nitrogens with one attached hydrogen (secondary N) is 2. The third-order valence-corrected chi connectivity index (χ3v) is 3.76. The molecule has 1 aliphatic rings. The normalized spacial score (nSPS) is 20.4. The third kappa shape index (κ3) is 1.86. The molecule has 84 valence electrons. The minimum absolute atomic E-state index is 0.305. The summed E-state index contributed by atoms with van der Waals surface area (Å²) in [5.74, 6) is 0.860. The fraction of sp³-hybridized carbons (Fsp3) is 0.400. The first-order valence-corrected chi connectivity index (χ1v) is 6.47. The van der Waals surface area contributed by atoms with Crippen LogP contribution in [0.5, 0.6) is 0 Å². The summed E-state index contributed by atoms with van der Waals surface area (Å²) in [6.07, 6.45) is 1.12. The highest BCUT2D eigenvalue weighted by Crippen LogP contribution is 2.28. The van der Waals surface area contributed by atoms with Crippen LogP contribution in [0.25, 0.3) is 10.2 Å². The molecule has 2 N–H and O–H groups in total. The molecule has 0 aliphatic carbocycles. The molecule has 2 aromatic rings. The van der Waals surface area contributed by atoms with Crippen LogP contribution in [-0.4, -0.2) is 29.1 Å². The predicted molar refractivity (Wildman–Crippen MR) is 67.3 cm³/mol. The molecule has 1 saturated heterocycles. The van der Waals surface area contributed by atoms with Gasteiger partial charge in [-0.2, -0.15) is 4.98 Å². The van der Waals surface area contributed by atoms with Gasteiger partial charge in [0.05, 0.1) is 10.2 Å². The molecular weight excluding hydrogens is 244 g/mol. The van der Waals surface area contributed by atoms with Gasteiger partial charge in [0.2, 0.25) is 5.28 Å². The smallest absolute Gasteiger partial charge is 0.224 e. The average molecular weight is 255 g/mol. The molecule has 2 aromatic heterocycles. The highest BCUT2D eigenvalue weighted by atomic mass is 35.5. The van der Waals surface area contributed by atoms with Crippen molar-refractivity contribution in [1.29, 1.82) is 0 Å². The van der Waals surface area contributed by atoms with E-state index < -0.39 is 0 Å². The van der Waals surface area contributed by atoms with Crippen molar-refractivity contribution in [2.24, 2.45) is 0 Å². The first kappa shape index (κ1) is 10.3. The van der Waals surface area contributed by atoms with Crippen LogP contribution in [0.1, 0.15) is 6.42 Å². The Bertz CT molecular complexity index is 506. The molecule has 0 amide bonds. The standard InChI is InChI=1S/C10H11ClN4S/c11-10-14-7-2-4-16-8(7)9(15-10)13-6-1-3-12-5-6/h2,4,6,12H,1,3,5H2,(H,13,14,15)/t6-/m1/s1. The zero-order valence-electron chi connectivity index (χ0n) is 8.53. The average Bonchev–Trinajstić information content (AvgIpc) is 2.87. The lowest BCUT2D eigenvalue weighted by molar-refractivity contribution is 0.789. The summed E-state index contributed by atoms with van der Waals surface area (Å²) in [5, 5.41) is 9.05. The van der Waals surface area contributed by atoms with Gasteiger partial charge >= 0.3 is 0 Å². The summed E-state index contributed by atoms with van der Waals surface area (Å²) < 4.78 is 1.08. The molecule has 3 rings (SSSR count). The molecule has 0 bridgehead atoms. The molecule has 3 heterocycles. The predicted octanol–water partition coefficient (Wildman–Crippen LogP) is 2.12. The number of fused-ring (bicyclic) bond motifs is 1. The quantitative estimate of drug-likeness (QED) is 0.806. The number of nitrogens with zero attached hydrogens (tertiary/aromatic N) is 2. The van der Waals surface area contributed by atoms with Gasteiger partial charge in [0.25, 0.3) is 0 Å². The fourth-order valence-electron chi connectivity index (χ4n) is 1.90. The van der Waals surface area contributed by atoms with E-state index >= 15 is 0 Å². The lowest BCUT2D eigenvalue weighted by atomic mass is 10.2. The van der Waals surface area contributed by atoms with Crippen LogP contribution in [0.4, 0.5) is 5.82 Å². The lowest BCUT2D eigenvalue weighted by Crippen LogP contribution is -2.22. The zero-order chi connectivity index (χ0) is 11.0. The van der Waals surface area contributed by atoms with E-state index in [1.807, 2.05) is 11.4 Å². The molecule has 1 atom stereocenters. The maximum Gasteiger partial charge on any atom is 0.224 e. The topological polar surface area (TPSA) is 49.8 Å². The molecule has 16 heavy (non-hydrogen) atoms. The van der Waals surface area contributed by atoms with Crippen LogP contribution < -0.4 is 10.6 Å². The highest BCUT2D eigenvalue weighted by molar-refractivity contribution is 7.17. The number of anilines is 1. The van der Waals surface area contributed by atoms with Crippen molar-refractivity contribution in [3.05, 3.63) is 16.7 Å². The van der Waals surface area contributed by atoms with Crippen molar-refractivity contribution in [2.45, 2.75) is 12.5 Å². The van der Waals surface area contributed by atoms with Crippen LogP contribution in [0, 0.1) is 0 Å². The van der Waals surface area contributed by atoms with Crippen molar-refractivity contribution in [3.8, 4) is 0 Å². The van der Waals surface area contributed by atoms with Gasteiger partial charge in [-0.25, -0.2) is 4.98 Å². The number of thiophene rings is 1. The Morgan fingerprint density at radius 3 is 3.25 bits per heavy atom. The van der Waals surface area contributed by atoms with E-state index in [1.165, 1.54) is 0 Å². The highest BCUT2D eigenvalue weighted by Gasteiger charge is 2.16. The van der Waals surface area contributed by atoms with Gasteiger partial charge in [-0.3, -0.25) is 0 Å². The molecule has 4 nitrogen and oxygen atoms in total. The van der Waals surface area contributed by atoms with E-state index in [1.54, 1.807) is 11.3 Å². The summed E-state index contributed by atoms with van der Waals surface area (Å²) >= 11 is 7.53. The van der Waals surface area contributed by atoms with Crippen LogP contribution in [0.3, 0.4) is 0 Å². The maximum absolute atomic E-state index is 5.89. The lowest BCUT2D eigenvalue weighted by Gasteiger charge is -2.12. The number of hydrogen-bond acceptors (Lipinski definition) is 5. The van der Waals surface area contributed by atoms with Crippen LogP contribution >= 0.6 is 22.9 Å². The minimum Gasteiger partial charge on any atom is -0.365 e. The molecule has 0 radical (unpaired) electrons. The van der Waals surface area contributed by atoms with Gasteiger partial charge in [-0.1, -0.05) is 0 Å². The molecule has 0 saturated carbocycles. The Kier molecular flexibility index (Phi) is 2.67. The van der Waals surface area contributed by atoms with Crippen LogP contribution in [-0.2, 0) is 0 Å². The van der Waals surface area contributed by atoms with E-state index in [4.69, 9.17) is 11.6 Å². The van der Waals surface area contributed by atoms with Crippen LogP contribution in [0.2, 0.25) is 5.28 Å². The Morgan fingerprint density at radius 2 is 2.44 bits per heavy atom. The van der Waals surface area contributed by atoms with E-state index in [0.29, 0.717) is 11.3 Å². The SMILES string of the molecule is Clc1nc(N[C@@H]2CCNC2)c2sccc2n1. The summed E-state index contributed by atoms with van der Waals surface area (Å²) in [6, 6.07) is 2.40. The summed E-state index contributed by atoms with van der Waals surface area (Å²) in [7, 11) is 0. The number of hydrogen-bond donors (Lipinski definition) is 2. The van der Waals surface area contributed by atoms with Crippen molar-refractivity contribution in [1.82, 2.24) is 15.3 Å². The second-order valence-corrected chi connectivity index (χ2v) is 5.06. The molecular formula is C10H11ClN4S. The molecule has 0 spiro atoms. The zero-order valence-corrected chi connectivity index (χ0v) is 10.1. The summed E-state index contributed by atoms with van der Waals surface area (Å²) in [4.78, 5) is 8.44. The van der Waals surface area contributed by atoms with Gasteiger partial charge in [-0.15, -0.1) is 11.3 Å². The maximum atomic E-state index is 5.89. The van der Waals surface area contributed by atoms with Crippen LogP contribution in [0.15, 0.2) is 11.4 Å². The van der Waals surface area contributed by atoms with Crippen molar-refractivity contribution in [2.75, 3.05) is 18.4 Å². The number of rotatable bonds is 2. The molecule has 1 fully saturated rings. The molecule has 0 aromatic carbocycles. The Labute approximate surface area is 102 Å². The molecule has 0 unspecified atom stereocenters. The van der Waals surface area contributed by atoms with Gasteiger partial charge in [0.1, 0.15) is 5.82 Å². The largest absolute Gasteiger partial charge is 0.365 e. The van der Waals surface area contributed by atoms with Gasteiger partial charge in [0, 0.05) is 12.6 Å². The monoisotopic (exact) mass is 254 g/mol. The first-order chi connectivity index (χ1) is 7.83. The summed E-state index contributed by atoms with van der Waals surface area (Å²) in [5.41, 5.74) is 0.915. The number of halogens is 1. The van der Waals surface area contributed by atoms with Crippen molar-refractivity contribution in [3.63, 3.8) is 0 Å². The van der Waals surface area contributed by atoms with Gasteiger partial charge in [0.15, 0.2) is 0 Å². The van der Waals surface area contributed by atoms with E-state index in [0.717, 1.165) is 35.5 Å². The summed E-state index contributed by atoms with van der Waals surface area (Å²) in [6.45, 7) is 2.04.